The van der Waals surface area contributed by atoms with Gasteiger partial charge in [0, 0.05) is 30.5 Å². The summed E-state index contributed by atoms with van der Waals surface area (Å²) in [5, 5.41) is 8.65. The lowest BCUT2D eigenvalue weighted by molar-refractivity contribution is -0.131. The normalized spacial score (nSPS) is 15.2. The number of aromatic amines is 1. The topological polar surface area (TPSA) is 61.9 Å². The maximum absolute atomic E-state index is 12.6. The quantitative estimate of drug-likeness (QED) is 0.901. The Morgan fingerprint density at radius 2 is 2.08 bits per heavy atom. The van der Waals surface area contributed by atoms with Crippen molar-refractivity contribution in [3.63, 3.8) is 0 Å². The average Bonchev–Trinajstić information content (AvgIpc) is 3.14. The number of rotatable bonds is 5. The molecule has 24 heavy (non-hydrogen) atoms. The molecule has 0 radical (unpaired) electrons. The van der Waals surface area contributed by atoms with E-state index in [0.717, 1.165) is 35.7 Å². The van der Waals surface area contributed by atoms with E-state index in [1.807, 2.05) is 18.9 Å². The number of nitrogens with one attached hydrogen (secondary N) is 1. The molecule has 1 aliphatic rings. The number of aromatic nitrogens is 3. The number of nitrogens with zero attached hydrogens (tertiary/aromatic N) is 3. The van der Waals surface area contributed by atoms with Crippen LogP contribution in [-0.4, -0.2) is 33.0 Å². The highest BCUT2D eigenvalue weighted by atomic mass is 32.1. The molecular formula is C18H26N4OS. The van der Waals surface area contributed by atoms with Crippen LogP contribution in [0.2, 0.25) is 0 Å². The Morgan fingerprint density at radius 1 is 1.33 bits per heavy atom. The van der Waals surface area contributed by atoms with Gasteiger partial charge in [-0.05, 0) is 52.0 Å². The van der Waals surface area contributed by atoms with Crippen LogP contribution < -0.4 is 0 Å². The van der Waals surface area contributed by atoms with E-state index >= 15 is 0 Å². The van der Waals surface area contributed by atoms with E-state index in [4.69, 9.17) is 0 Å². The van der Waals surface area contributed by atoms with Gasteiger partial charge in [0.25, 0.3) is 0 Å². The van der Waals surface area contributed by atoms with E-state index < -0.39 is 0 Å². The van der Waals surface area contributed by atoms with Crippen LogP contribution in [0.4, 0.5) is 0 Å². The van der Waals surface area contributed by atoms with Crippen LogP contribution in [0.3, 0.4) is 0 Å². The molecule has 0 aliphatic heterocycles. The molecule has 5 nitrogen and oxygen atoms in total. The number of hydrogen-bond donors (Lipinski definition) is 1. The van der Waals surface area contributed by atoms with Crippen LogP contribution in [0.15, 0.2) is 0 Å². The molecule has 6 heteroatoms. The molecule has 0 aromatic carbocycles. The van der Waals surface area contributed by atoms with Gasteiger partial charge in [0.15, 0.2) is 0 Å². The molecule has 3 rings (SSSR count). The van der Waals surface area contributed by atoms with Gasteiger partial charge in [-0.15, -0.1) is 11.3 Å². The number of hydrogen-bond acceptors (Lipinski definition) is 4. The molecule has 2 aromatic rings. The molecule has 2 heterocycles. The van der Waals surface area contributed by atoms with Crippen LogP contribution in [0.25, 0.3) is 0 Å². The van der Waals surface area contributed by atoms with E-state index in [1.54, 1.807) is 11.3 Å². The van der Waals surface area contributed by atoms with Gasteiger partial charge >= 0.3 is 0 Å². The number of H-pyrrole nitrogens is 1. The predicted octanol–water partition coefficient (Wildman–Crippen LogP) is 3.51. The van der Waals surface area contributed by atoms with E-state index in [0.29, 0.717) is 6.42 Å². The zero-order valence-corrected chi connectivity index (χ0v) is 15.8. The summed E-state index contributed by atoms with van der Waals surface area (Å²) < 4.78 is 0. The molecule has 0 unspecified atom stereocenters. The summed E-state index contributed by atoms with van der Waals surface area (Å²) in [6.45, 7) is 6.14. The van der Waals surface area contributed by atoms with Crippen molar-refractivity contribution in [2.75, 3.05) is 7.05 Å². The lowest BCUT2D eigenvalue weighted by Gasteiger charge is -2.24. The Labute approximate surface area is 147 Å². The van der Waals surface area contributed by atoms with Crippen LogP contribution in [0, 0.1) is 13.8 Å². The van der Waals surface area contributed by atoms with Gasteiger partial charge in [-0.3, -0.25) is 9.89 Å². The van der Waals surface area contributed by atoms with Crippen LogP contribution in [-0.2, 0) is 24.1 Å². The summed E-state index contributed by atoms with van der Waals surface area (Å²) in [6, 6.07) is 0.00977. The van der Waals surface area contributed by atoms with E-state index in [-0.39, 0.29) is 11.9 Å². The highest BCUT2D eigenvalue weighted by Crippen LogP contribution is 2.27. The van der Waals surface area contributed by atoms with Gasteiger partial charge in [-0.2, -0.15) is 5.10 Å². The van der Waals surface area contributed by atoms with Crippen molar-refractivity contribution in [2.24, 2.45) is 0 Å². The lowest BCUT2D eigenvalue weighted by Crippen LogP contribution is -2.30. The molecule has 0 saturated heterocycles. The fourth-order valence-corrected chi connectivity index (χ4v) is 4.40. The zero-order valence-electron chi connectivity index (χ0n) is 15.0. The van der Waals surface area contributed by atoms with Crippen LogP contribution in [0.1, 0.15) is 64.8 Å². The third-order valence-electron chi connectivity index (χ3n) is 5.03. The maximum atomic E-state index is 12.6. The second-order valence-corrected chi connectivity index (χ2v) is 8.10. The first-order valence-corrected chi connectivity index (χ1v) is 9.53. The van der Waals surface area contributed by atoms with Crippen LogP contribution >= 0.6 is 11.3 Å². The van der Waals surface area contributed by atoms with Crippen molar-refractivity contribution >= 4 is 17.2 Å². The first-order valence-electron chi connectivity index (χ1n) is 8.72. The predicted molar refractivity (Wildman–Crippen MR) is 96.3 cm³/mol. The monoisotopic (exact) mass is 346 g/mol. The fourth-order valence-electron chi connectivity index (χ4n) is 3.49. The Bertz CT molecular complexity index is 733. The number of amides is 1. The van der Waals surface area contributed by atoms with Gasteiger partial charge in [0.1, 0.15) is 0 Å². The first-order chi connectivity index (χ1) is 11.5. The van der Waals surface area contributed by atoms with Gasteiger partial charge in [0.2, 0.25) is 5.91 Å². The molecule has 1 N–H and O–H groups in total. The minimum absolute atomic E-state index is 0.00977. The molecule has 0 fully saturated rings. The fraction of sp³-hybridized carbons (Fsp3) is 0.611. The third kappa shape index (κ3) is 3.38. The van der Waals surface area contributed by atoms with Gasteiger partial charge in [0.05, 0.1) is 22.4 Å². The highest BCUT2D eigenvalue weighted by molar-refractivity contribution is 7.11. The number of aryl methyl sites for hydroxylation is 4. The molecule has 1 amide bonds. The molecule has 1 aliphatic carbocycles. The van der Waals surface area contributed by atoms with Gasteiger partial charge in [-0.25, -0.2) is 4.98 Å². The molecule has 0 bridgehead atoms. The third-order valence-corrected chi connectivity index (χ3v) is 5.93. The Balaban J connectivity index is 1.62. The second kappa shape index (κ2) is 7.05. The van der Waals surface area contributed by atoms with Crippen LogP contribution in [0.5, 0.6) is 0 Å². The minimum atomic E-state index is 0.00977. The summed E-state index contributed by atoms with van der Waals surface area (Å²) in [5.41, 5.74) is 4.74. The Morgan fingerprint density at radius 3 is 2.79 bits per heavy atom. The van der Waals surface area contributed by atoms with Crippen molar-refractivity contribution in [1.82, 2.24) is 20.1 Å². The smallest absolute Gasteiger partial charge is 0.223 e. The van der Waals surface area contributed by atoms with E-state index in [9.17, 15) is 4.79 Å². The second-order valence-electron chi connectivity index (χ2n) is 6.69. The molecular weight excluding hydrogens is 320 g/mol. The van der Waals surface area contributed by atoms with E-state index in [2.05, 4.69) is 29.0 Å². The molecule has 2 aromatic heterocycles. The number of carbonyl (C=O) groups is 1. The van der Waals surface area contributed by atoms with Gasteiger partial charge in [-0.1, -0.05) is 0 Å². The van der Waals surface area contributed by atoms with Crippen molar-refractivity contribution in [1.29, 1.82) is 0 Å². The summed E-state index contributed by atoms with van der Waals surface area (Å²) in [7, 11) is 1.88. The SMILES string of the molecule is Cc1nc([C@@H](C)N(C)C(=O)CCc2n[nH]c3c2CCCC3)c(C)s1. The van der Waals surface area contributed by atoms with Crippen molar-refractivity contribution < 1.29 is 4.79 Å². The standard InChI is InChI=1S/C18H26N4OS/c1-11(18-12(2)24-13(3)19-18)22(4)17(23)10-9-16-14-7-5-6-8-15(14)20-21-16/h11H,5-10H2,1-4H3,(H,20,21)/t11-/m1/s1. The molecule has 130 valence electrons. The summed E-state index contributed by atoms with van der Waals surface area (Å²) in [5.74, 6) is 0.153. The first kappa shape index (κ1) is 17.1. The highest BCUT2D eigenvalue weighted by Gasteiger charge is 2.23. The van der Waals surface area contributed by atoms with Crippen molar-refractivity contribution in [3.8, 4) is 0 Å². The van der Waals surface area contributed by atoms with Crippen molar-refractivity contribution in [2.45, 2.75) is 65.3 Å². The summed E-state index contributed by atoms with van der Waals surface area (Å²) in [4.78, 5) is 20.2. The number of carbonyl (C=O) groups excluding carboxylic acids is 1. The maximum Gasteiger partial charge on any atom is 0.223 e. The van der Waals surface area contributed by atoms with E-state index in [1.165, 1.54) is 29.0 Å². The number of thiazole rings is 1. The molecule has 0 saturated carbocycles. The molecule has 1 atom stereocenters. The summed E-state index contributed by atoms with van der Waals surface area (Å²) in [6.07, 6.45) is 5.87. The largest absolute Gasteiger partial charge is 0.337 e. The Kier molecular flexibility index (Phi) is 5.04. The van der Waals surface area contributed by atoms with Crippen molar-refractivity contribution in [3.05, 3.63) is 32.5 Å². The zero-order chi connectivity index (χ0) is 17.3. The average molecular weight is 347 g/mol. The number of fused-ring (bicyclic) bond motifs is 1. The minimum Gasteiger partial charge on any atom is -0.337 e. The Hall–Kier alpha value is -1.69. The lowest BCUT2D eigenvalue weighted by atomic mass is 9.94. The van der Waals surface area contributed by atoms with Gasteiger partial charge < -0.3 is 4.90 Å². The molecule has 0 spiro atoms. The summed E-state index contributed by atoms with van der Waals surface area (Å²) >= 11 is 1.69.